The van der Waals surface area contributed by atoms with Gasteiger partial charge in [0.2, 0.25) is 0 Å². The van der Waals surface area contributed by atoms with Crippen molar-refractivity contribution < 1.29 is 18.7 Å². The van der Waals surface area contributed by atoms with E-state index in [1.165, 1.54) is 30.5 Å². The smallest absolute Gasteiger partial charge is 0.195 e. The number of ketones is 1. The van der Waals surface area contributed by atoms with E-state index < -0.39 is 23.4 Å². The molecule has 24 heavy (non-hydrogen) atoms. The Morgan fingerprint density at radius 3 is 2.96 bits per heavy atom. The van der Waals surface area contributed by atoms with Gasteiger partial charge in [-0.05, 0) is 43.0 Å². The molecule has 2 atom stereocenters. The maximum Gasteiger partial charge on any atom is 0.195 e. The summed E-state index contributed by atoms with van der Waals surface area (Å²) in [6, 6.07) is 6.97. The van der Waals surface area contributed by atoms with Gasteiger partial charge in [-0.25, -0.2) is 8.78 Å². The number of hydrogen-bond acceptors (Lipinski definition) is 3. The Balaban J connectivity index is 1.81. The minimum atomic E-state index is -2.16. The fourth-order valence-corrected chi connectivity index (χ4v) is 3.35. The number of halogens is 3. The van der Waals surface area contributed by atoms with Gasteiger partial charge >= 0.3 is 0 Å². The van der Waals surface area contributed by atoms with Crippen LogP contribution in [0.1, 0.15) is 42.2 Å². The maximum absolute atomic E-state index is 15.4. The van der Waals surface area contributed by atoms with E-state index in [1.54, 1.807) is 6.07 Å². The number of pyridine rings is 1. The minimum Gasteiger partial charge on any atom is -0.387 e. The van der Waals surface area contributed by atoms with Gasteiger partial charge in [-0.3, -0.25) is 9.78 Å². The van der Waals surface area contributed by atoms with E-state index in [4.69, 9.17) is 11.6 Å². The first-order valence-electron chi connectivity index (χ1n) is 7.71. The zero-order chi connectivity index (χ0) is 17.3. The number of fused-ring (bicyclic) bond motifs is 1. The van der Waals surface area contributed by atoms with Crippen molar-refractivity contribution >= 4 is 17.4 Å². The first-order chi connectivity index (χ1) is 11.4. The third-order valence-corrected chi connectivity index (χ3v) is 4.77. The Kier molecular flexibility index (Phi) is 4.65. The van der Waals surface area contributed by atoms with E-state index in [2.05, 4.69) is 4.98 Å². The van der Waals surface area contributed by atoms with Crippen LogP contribution in [0.5, 0.6) is 0 Å². The zero-order valence-electron chi connectivity index (χ0n) is 12.8. The van der Waals surface area contributed by atoms with Crippen molar-refractivity contribution in [3.8, 4) is 0 Å². The second-order valence-corrected chi connectivity index (χ2v) is 6.36. The Bertz CT molecular complexity index is 783. The van der Waals surface area contributed by atoms with Crippen molar-refractivity contribution in [1.29, 1.82) is 0 Å². The lowest BCUT2D eigenvalue weighted by atomic mass is 9.77. The highest BCUT2D eigenvalue weighted by molar-refractivity contribution is 6.31. The fraction of sp³-hybridized carbons (Fsp3) is 0.333. The van der Waals surface area contributed by atoms with E-state index in [9.17, 15) is 14.3 Å². The van der Waals surface area contributed by atoms with E-state index in [-0.39, 0.29) is 42.0 Å². The van der Waals surface area contributed by atoms with Crippen LogP contribution in [0.4, 0.5) is 8.78 Å². The number of benzene rings is 1. The van der Waals surface area contributed by atoms with Crippen LogP contribution in [0, 0.1) is 5.82 Å². The van der Waals surface area contributed by atoms with Crippen LogP contribution in [0.15, 0.2) is 36.5 Å². The van der Waals surface area contributed by atoms with Gasteiger partial charge in [-0.2, -0.15) is 0 Å². The van der Waals surface area contributed by atoms with Crippen molar-refractivity contribution in [2.45, 2.75) is 37.5 Å². The molecule has 3 nitrogen and oxygen atoms in total. The Hall–Kier alpha value is -1.85. The summed E-state index contributed by atoms with van der Waals surface area (Å²) in [5.74, 6) is -1.04. The standard InChI is InChI=1S/C18H16ClF2NO2/c19-14-10-12(20)5-3-11(14)4-6-16(24)18(21)8-7-15(23)17-13(18)2-1-9-22-17/h1-3,5,9-10,15,23H,4,6-8H2/t15-,18-/m1/s1. The van der Waals surface area contributed by atoms with E-state index in [1.807, 2.05) is 0 Å². The van der Waals surface area contributed by atoms with Crippen LogP contribution in [-0.2, 0) is 16.9 Å². The highest BCUT2D eigenvalue weighted by Gasteiger charge is 2.45. The lowest BCUT2D eigenvalue weighted by Crippen LogP contribution is -2.36. The predicted octanol–water partition coefficient (Wildman–Crippen LogP) is 4.07. The lowest BCUT2D eigenvalue weighted by Gasteiger charge is -2.32. The summed E-state index contributed by atoms with van der Waals surface area (Å²) in [7, 11) is 0. The number of aliphatic hydroxyl groups excluding tert-OH is 1. The predicted molar refractivity (Wildman–Crippen MR) is 86.0 cm³/mol. The maximum atomic E-state index is 15.4. The number of rotatable bonds is 4. The lowest BCUT2D eigenvalue weighted by molar-refractivity contribution is -0.133. The highest BCUT2D eigenvalue weighted by Crippen LogP contribution is 2.43. The summed E-state index contributed by atoms with van der Waals surface area (Å²) in [5, 5.41) is 10.2. The Morgan fingerprint density at radius 1 is 1.42 bits per heavy atom. The van der Waals surface area contributed by atoms with Gasteiger partial charge in [0.15, 0.2) is 11.5 Å². The number of carbonyl (C=O) groups excluding carboxylic acids is 1. The van der Waals surface area contributed by atoms with Gasteiger partial charge < -0.3 is 5.11 Å². The first kappa shape index (κ1) is 17.0. The second kappa shape index (κ2) is 6.57. The molecule has 0 bridgehead atoms. The number of aliphatic hydroxyl groups is 1. The van der Waals surface area contributed by atoms with E-state index in [0.717, 1.165) is 0 Å². The number of Topliss-reactive ketones (excluding diaryl/α,β-unsaturated/α-hetero) is 1. The number of aromatic nitrogens is 1. The van der Waals surface area contributed by atoms with E-state index >= 15 is 4.39 Å². The molecule has 1 aliphatic rings. The number of hydrogen-bond donors (Lipinski definition) is 1. The Morgan fingerprint density at radius 2 is 2.21 bits per heavy atom. The summed E-state index contributed by atoms with van der Waals surface area (Å²) < 4.78 is 28.5. The molecule has 0 radical (unpaired) electrons. The molecule has 0 amide bonds. The molecule has 1 N–H and O–H groups in total. The average Bonchev–Trinajstić information content (AvgIpc) is 2.57. The largest absolute Gasteiger partial charge is 0.387 e. The average molecular weight is 352 g/mol. The molecule has 0 aliphatic heterocycles. The Labute approximate surface area is 143 Å². The molecule has 0 unspecified atom stereocenters. The third-order valence-electron chi connectivity index (χ3n) is 4.42. The van der Waals surface area contributed by atoms with Gasteiger partial charge in [0.1, 0.15) is 5.82 Å². The number of nitrogens with zero attached hydrogens (tertiary/aromatic N) is 1. The summed E-state index contributed by atoms with van der Waals surface area (Å²) >= 11 is 5.95. The van der Waals surface area contributed by atoms with Crippen LogP contribution in [0.2, 0.25) is 5.02 Å². The van der Waals surface area contributed by atoms with Gasteiger partial charge in [0.25, 0.3) is 0 Å². The molecular weight excluding hydrogens is 336 g/mol. The molecule has 126 valence electrons. The van der Waals surface area contributed by atoms with Gasteiger partial charge in [0, 0.05) is 23.2 Å². The molecule has 0 saturated heterocycles. The van der Waals surface area contributed by atoms with Gasteiger partial charge in [0.05, 0.1) is 11.8 Å². The monoisotopic (exact) mass is 351 g/mol. The molecule has 6 heteroatoms. The van der Waals surface area contributed by atoms with Crippen LogP contribution in [0.25, 0.3) is 0 Å². The SMILES string of the molecule is O=C(CCc1ccc(F)cc1Cl)[C@@]1(F)CC[C@@H](O)c2ncccc21. The van der Waals surface area contributed by atoms with Crippen LogP contribution in [-0.4, -0.2) is 15.9 Å². The van der Waals surface area contributed by atoms with Gasteiger partial charge in [-0.15, -0.1) is 0 Å². The minimum absolute atomic E-state index is 0.0632. The van der Waals surface area contributed by atoms with Gasteiger partial charge in [-0.1, -0.05) is 23.7 Å². The van der Waals surface area contributed by atoms with Crippen LogP contribution < -0.4 is 0 Å². The summed E-state index contributed by atoms with van der Waals surface area (Å²) in [6.07, 6.45) is 0.834. The van der Waals surface area contributed by atoms with Crippen molar-refractivity contribution in [1.82, 2.24) is 4.98 Å². The van der Waals surface area contributed by atoms with Crippen LogP contribution >= 0.6 is 11.6 Å². The summed E-state index contributed by atoms with van der Waals surface area (Å²) in [4.78, 5) is 16.6. The topological polar surface area (TPSA) is 50.2 Å². The molecule has 1 aliphatic carbocycles. The molecule has 0 spiro atoms. The van der Waals surface area contributed by atoms with Crippen molar-refractivity contribution in [3.63, 3.8) is 0 Å². The molecule has 3 rings (SSSR count). The normalized spacial score (nSPS) is 22.9. The molecule has 1 heterocycles. The number of aryl methyl sites for hydroxylation is 1. The summed E-state index contributed by atoms with van der Waals surface area (Å²) in [5.41, 5.74) is -1.20. The molecule has 0 fully saturated rings. The molecule has 0 saturated carbocycles. The van der Waals surface area contributed by atoms with Crippen molar-refractivity contribution in [3.05, 3.63) is 64.2 Å². The fourth-order valence-electron chi connectivity index (χ4n) is 3.09. The third kappa shape index (κ3) is 3.06. The zero-order valence-corrected chi connectivity index (χ0v) is 13.6. The van der Waals surface area contributed by atoms with E-state index in [0.29, 0.717) is 5.56 Å². The molecule has 2 aromatic rings. The second-order valence-electron chi connectivity index (χ2n) is 5.95. The number of alkyl halides is 1. The quantitative estimate of drug-likeness (QED) is 0.903. The van der Waals surface area contributed by atoms with Crippen LogP contribution in [0.3, 0.4) is 0 Å². The first-order valence-corrected chi connectivity index (χ1v) is 8.09. The molecule has 1 aromatic heterocycles. The van der Waals surface area contributed by atoms with Crippen molar-refractivity contribution in [2.24, 2.45) is 0 Å². The molecule has 1 aromatic carbocycles. The number of carbonyl (C=O) groups is 1. The van der Waals surface area contributed by atoms with Crippen molar-refractivity contribution in [2.75, 3.05) is 0 Å². The highest BCUT2D eigenvalue weighted by atomic mass is 35.5. The molecular formula is C18H16ClF2NO2. The summed E-state index contributed by atoms with van der Waals surface area (Å²) in [6.45, 7) is 0.